The van der Waals surface area contributed by atoms with Gasteiger partial charge >= 0.3 is 0 Å². The number of aliphatic imine (C=N–C) groups is 1. The van der Waals surface area contributed by atoms with Crippen LogP contribution in [0.15, 0.2) is 46.1 Å². The SMILES string of the molecule is CN=C(NCCCc1cccc(F)c1)N(C)Cc1ccsc1.I. The van der Waals surface area contributed by atoms with Crippen LogP contribution in [0.25, 0.3) is 0 Å². The minimum absolute atomic E-state index is 0. The number of aryl methyl sites for hydroxylation is 1. The lowest BCUT2D eigenvalue weighted by Gasteiger charge is -2.21. The Morgan fingerprint density at radius 1 is 1.30 bits per heavy atom. The zero-order valence-corrected chi connectivity index (χ0v) is 16.6. The molecule has 0 amide bonds. The first-order chi connectivity index (χ1) is 10.7. The summed E-state index contributed by atoms with van der Waals surface area (Å²) in [5, 5.41) is 7.58. The van der Waals surface area contributed by atoms with Crippen LogP contribution in [0.2, 0.25) is 0 Å². The van der Waals surface area contributed by atoms with Gasteiger partial charge in [0.15, 0.2) is 5.96 Å². The number of nitrogens with one attached hydrogen (secondary N) is 1. The molecule has 1 aromatic heterocycles. The summed E-state index contributed by atoms with van der Waals surface area (Å²) in [7, 11) is 3.82. The third-order valence-electron chi connectivity index (χ3n) is 3.39. The molecule has 126 valence electrons. The summed E-state index contributed by atoms with van der Waals surface area (Å²) in [4.78, 5) is 6.40. The summed E-state index contributed by atoms with van der Waals surface area (Å²) < 4.78 is 13.1. The lowest BCUT2D eigenvalue weighted by Crippen LogP contribution is -2.38. The maximum atomic E-state index is 13.1. The second-order valence-electron chi connectivity index (χ2n) is 5.20. The highest BCUT2D eigenvalue weighted by molar-refractivity contribution is 14.0. The predicted molar refractivity (Wildman–Crippen MR) is 107 cm³/mol. The molecule has 23 heavy (non-hydrogen) atoms. The molecule has 1 N–H and O–H groups in total. The Morgan fingerprint density at radius 3 is 2.78 bits per heavy atom. The monoisotopic (exact) mass is 447 g/mol. The fraction of sp³-hybridized carbons (Fsp3) is 0.353. The minimum atomic E-state index is -0.170. The quantitative estimate of drug-likeness (QED) is 0.312. The lowest BCUT2D eigenvalue weighted by atomic mass is 10.1. The van der Waals surface area contributed by atoms with E-state index < -0.39 is 0 Å². The molecule has 0 radical (unpaired) electrons. The molecule has 0 aliphatic rings. The smallest absolute Gasteiger partial charge is 0.193 e. The highest BCUT2D eigenvalue weighted by Crippen LogP contribution is 2.09. The Balaban J connectivity index is 0.00000264. The molecule has 0 unspecified atom stereocenters. The van der Waals surface area contributed by atoms with Crippen LogP contribution in [-0.2, 0) is 13.0 Å². The standard InChI is InChI=1S/C17H22FN3S.HI/c1-19-17(21(2)12-15-8-10-22-13-15)20-9-4-6-14-5-3-7-16(18)11-14;/h3,5,7-8,10-11,13H,4,6,9,12H2,1-2H3,(H,19,20);1H. The topological polar surface area (TPSA) is 27.6 Å². The van der Waals surface area contributed by atoms with Crippen LogP contribution in [0.4, 0.5) is 4.39 Å². The number of nitrogens with zero attached hydrogens (tertiary/aromatic N) is 2. The molecular weight excluding hydrogens is 424 g/mol. The molecule has 0 saturated heterocycles. The van der Waals surface area contributed by atoms with Crippen LogP contribution in [0.5, 0.6) is 0 Å². The number of thiophene rings is 1. The maximum absolute atomic E-state index is 13.1. The van der Waals surface area contributed by atoms with Crippen molar-refractivity contribution in [3.8, 4) is 0 Å². The first-order valence-corrected chi connectivity index (χ1v) is 8.30. The predicted octanol–water partition coefficient (Wildman–Crippen LogP) is 4.15. The number of rotatable bonds is 6. The number of hydrogen-bond donors (Lipinski definition) is 1. The Bertz CT molecular complexity index is 602. The van der Waals surface area contributed by atoms with Gasteiger partial charge in [-0.05, 0) is 52.9 Å². The van der Waals surface area contributed by atoms with E-state index in [-0.39, 0.29) is 29.8 Å². The van der Waals surface area contributed by atoms with E-state index in [2.05, 4.69) is 32.0 Å². The van der Waals surface area contributed by atoms with Crippen molar-refractivity contribution in [1.82, 2.24) is 10.2 Å². The fourth-order valence-corrected chi connectivity index (χ4v) is 2.96. The molecular formula is C17H23FIN3S. The van der Waals surface area contributed by atoms with Crippen molar-refractivity contribution < 1.29 is 4.39 Å². The summed E-state index contributed by atoms with van der Waals surface area (Å²) >= 11 is 1.70. The van der Waals surface area contributed by atoms with E-state index in [1.165, 1.54) is 11.6 Å². The van der Waals surface area contributed by atoms with Crippen LogP contribution in [-0.4, -0.2) is 31.5 Å². The van der Waals surface area contributed by atoms with Gasteiger partial charge in [-0.2, -0.15) is 11.3 Å². The van der Waals surface area contributed by atoms with Crippen LogP contribution in [0.3, 0.4) is 0 Å². The van der Waals surface area contributed by atoms with Gasteiger partial charge in [0.1, 0.15) is 5.82 Å². The zero-order chi connectivity index (χ0) is 15.8. The third-order valence-corrected chi connectivity index (χ3v) is 4.12. The summed E-state index contributed by atoms with van der Waals surface area (Å²) in [6.45, 7) is 1.66. The minimum Gasteiger partial charge on any atom is -0.356 e. The molecule has 0 spiro atoms. The van der Waals surface area contributed by atoms with Crippen LogP contribution in [0.1, 0.15) is 17.5 Å². The second-order valence-corrected chi connectivity index (χ2v) is 5.98. The number of hydrogen-bond acceptors (Lipinski definition) is 2. The molecule has 0 aliphatic carbocycles. The van der Waals surface area contributed by atoms with E-state index in [9.17, 15) is 4.39 Å². The highest BCUT2D eigenvalue weighted by Gasteiger charge is 2.06. The van der Waals surface area contributed by atoms with Crippen molar-refractivity contribution in [2.45, 2.75) is 19.4 Å². The van der Waals surface area contributed by atoms with Crippen LogP contribution < -0.4 is 5.32 Å². The zero-order valence-electron chi connectivity index (χ0n) is 13.5. The number of guanidine groups is 1. The fourth-order valence-electron chi connectivity index (χ4n) is 2.30. The Hall–Kier alpha value is -1.15. The van der Waals surface area contributed by atoms with Crippen molar-refractivity contribution in [2.75, 3.05) is 20.6 Å². The van der Waals surface area contributed by atoms with Gasteiger partial charge < -0.3 is 10.2 Å². The Kier molecular flexibility index (Phi) is 9.16. The van der Waals surface area contributed by atoms with Gasteiger partial charge in [-0.25, -0.2) is 4.39 Å². The van der Waals surface area contributed by atoms with Crippen molar-refractivity contribution in [2.24, 2.45) is 4.99 Å². The Labute approximate surface area is 158 Å². The van der Waals surface area contributed by atoms with Gasteiger partial charge in [-0.1, -0.05) is 12.1 Å². The van der Waals surface area contributed by atoms with E-state index in [0.29, 0.717) is 0 Å². The molecule has 1 aromatic carbocycles. The number of halogens is 2. The van der Waals surface area contributed by atoms with Gasteiger partial charge in [0.05, 0.1) is 0 Å². The van der Waals surface area contributed by atoms with E-state index in [1.807, 2.05) is 13.1 Å². The summed E-state index contributed by atoms with van der Waals surface area (Å²) in [6, 6.07) is 8.91. The van der Waals surface area contributed by atoms with E-state index in [4.69, 9.17) is 0 Å². The summed E-state index contributed by atoms with van der Waals surface area (Å²) in [5.74, 6) is 0.710. The van der Waals surface area contributed by atoms with Crippen LogP contribution in [0, 0.1) is 5.82 Å². The summed E-state index contributed by atoms with van der Waals surface area (Å²) in [5.41, 5.74) is 2.32. The average Bonchev–Trinajstić information content (AvgIpc) is 3.00. The van der Waals surface area contributed by atoms with Gasteiger partial charge in [-0.15, -0.1) is 24.0 Å². The molecule has 2 rings (SSSR count). The van der Waals surface area contributed by atoms with E-state index in [0.717, 1.165) is 37.5 Å². The van der Waals surface area contributed by atoms with Crippen molar-refractivity contribution in [3.63, 3.8) is 0 Å². The Morgan fingerprint density at radius 2 is 2.13 bits per heavy atom. The molecule has 0 fully saturated rings. The maximum Gasteiger partial charge on any atom is 0.193 e. The molecule has 0 saturated carbocycles. The highest BCUT2D eigenvalue weighted by atomic mass is 127. The molecule has 3 nitrogen and oxygen atoms in total. The van der Waals surface area contributed by atoms with Crippen molar-refractivity contribution >= 4 is 41.3 Å². The van der Waals surface area contributed by atoms with Gasteiger partial charge in [0, 0.05) is 27.2 Å². The van der Waals surface area contributed by atoms with Gasteiger partial charge in [0.2, 0.25) is 0 Å². The molecule has 0 atom stereocenters. The second kappa shape index (κ2) is 10.6. The first kappa shape index (κ1) is 19.9. The normalized spacial score (nSPS) is 11.0. The third kappa shape index (κ3) is 6.87. The van der Waals surface area contributed by atoms with Crippen molar-refractivity contribution in [1.29, 1.82) is 0 Å². The van der Waals surface area contributed by atoms with Crippen LogP contribution >= 0.6 is 35.3 Å². The lowest BCUT2D eigenvalue weighted by molar-refractivity contribution is 0.476. The molecule has 2 aromatic rings. The first-order valence-electron chi connectivity index (χ1n) is 7.36. The van der Waals surface area contributed by atoms with E-state index in [1.54, 1.807) is 30.5 Å². The molecule has 6 heteroatoms. The largest absolute Gasteiger partial charge is 0.356 e. The molecule has 0 bridgehead atoms. The van der Waals surface area contributed by atoms with Crippen molar-refractivity contribution in [3.05, 3.63) is 58.0 Å². The average molecular weight is 447 g/mol. The van der Waals surface area contributed by atoms with Gasteiger partial charge in [0.25, 0.3) is 0 Å². The van der Waals surface area contributed by atoms with E-state index >= 15 is 0 Å². The number of benzene rings is 1. The van der Waals surface area contributed by atoms with Gasteiger partial charge in [-0.3, -0.25) is 4.99 Å². The molecule has 0 aliphatic heterocycles. The summed E-state index contributed by atoms with van der Waals surface area (Å²) in [6.07, 6.45) is 1.80. The molecule has 1 heterocycles.